The van der Waals surface area contributed by atoms with Gasteiger partial charge in [0.15, 0.2) is 0 Å². The fourth-order valence-electron chi connectivity index (χ4n) is 1.80. The molecule has 0 heterocycles. The second-order valence-corrected chi connectivity index (χ2v) is 5.90. The van der Waals surface area contributed by atoms with E-state index in [2.05, 4.69) is 18.0 Å². The predicted molar refractivity (Wildman–Crippen MR) is 80.8 cm³/mol. The van der Waals surface area contributed by atoms with Gasteiger partial charge in [-0.3, -0.25) is 0 Å². The standard InChI is InChI=1S/C13H28O4S.Na.H/c1-4-7-9-13(6-3)10-8-12-17-18(14,15)16-11-5-2;;/h13H,4-12H2,1-3H3;;. The molecule has 0 rings (SSSR count). The van der Waals surface area contributed by atoms with Gasteiger partial charge >= 0.3 is 40.0 Å². The Morgan fingerprint density at radius 3 is 2.00 bits per heavy atom. The van der Waals surface area contributed by atoms with Crippen LogP contribution in [0.3, 0.4) is 0 Å². The summed E-state index contributed by atoms with van der Waals surface area (Å²) in [7, 11) is -3.77. The Morgan fingerprint density at radius 1 is 0.895 bits per heavy atom. The molecule has 0 aromatic heterocycles. The molecule has 112 valence electrons. The fraction of sp³-hybridized carbons (Fsp3) is 1.00. The van der Waals surface area contributed by atoms with Gasteiger partial charge in [0.25, 0.3) is 0 Å². The van der Waals surface area contributed by atoms with Crippen LogP contribution in [0.1, 0.15) is 65.7 Å². The van der Waals surface area contributed by atoms with Gasteiger partial charge in [-0.15, -0.1) is 0 Å². The molecule has 0 aliphatic heterocycles. The van der Waals surface area contributed by atoms with E-state index in [1.54, 1.807) is 0 Å². The van der Waals surface area contributed by atoms with Crippen LogP contribution in [0.2, 0.25) is 0 Å². The molecule has 0 aromatic carbocycles. The van der Waals surface area contributed by atoms with Crippen molar-refractivity contribution in [3.8, 4) is 0 Å². The third-order valence-electron chi connectivity index (χ3n) is 2.96. The van der Waals surface area contributed by atoms with E-state index in [0.29, 0.717) is 12.3 Å². The first-order valence-corrected chi connectivity index (χ1v) is 8.42. The average Bonchev–Trinajstić information content (AvgIpc) is 2.35. The van der Waals surface area contributed by atoms with Crippen molar-refractivity contribution >= 4 is 40.0 Å². The molecule has 0 amide bonds. The van der Waals surface area contributed by atoms with Gasteiger partial charge in [-0.05, 0) is 25.2 Å². The molecule has 0 fully saturated rings. The van der Waals surface area contributed by atoms with Gasteiger partial charge in [0.2, 0.25) is 0 Å². The van der Waals surface area contributed by atoms with Crippen LogP contribution in [0.5, 0.6) is 0 Å². The van der Waals surface area contributed by atoms with E-state index >= 15 is 0 Å². The monoisotopic (exact) mass is 304 g/mol. The predicted octanol–water partition coefficient (Wildman–Crippen LogP) is 3.02. The zero-order valence-corrected chi connectivity index (χ0v) is 12.8. The van der Waals surface area contributed by atoms with E-state index in [4.69, 9.17) is 4.18 Å². The molecular formula is C13H29NaO4S. The van der Waals surface area contributed by atoms with Crippen LogP contribution in [0.15, 0.2) is 0 Å². The first-order chi connectivity index (χ1) is 8.55. The maximum absolute atomic E-state index is 11.2. The third kappa shape index (κ3) is 13.6. The molecule has 1 atom stereocenters. The summed E-state index contributed by atoms with van der Waals surface area (Å²) in [6, 6.07) is 0. The molecule has 0 aliphatic carbocycles. The molecule has 0 spiro atoms. The topological polar surface area (TPSA) is 52.6 Å². The summed E-state index contributed by atoms with van der Waals surface area (Å²) < 4.78 is 31.9. The molecule has 0 saturated carbocycles. The Kier molecular flexibility index (Phi) is 16.1. The first-order valence-electron chi connectivity index (χ1n) is 7.09. The SMILES string of the molecule is CCCCC(CC)CCCOS(=O)(=O)OCCC.[NaH]. The Balaban J connectivity index is 0. The summed E-state index contributed by atoms with van der Waals surface area (Å²) in [5.41, 5.74) is 0. The number of rotatable bonds is 12. The molecule has 19 heavy (non-hydrogen) atoms. The molecular weight excluding hydrogens is 275 g/mol. The quantitative estimate of drug-likeness (QED) is 0.411. The molecule has 0 bridgehead atoms. The number of hydrogen-bond acceptors (Lipinski definition) is 4. The van der Waals surface area contributed by atoms with Crippen molar-refractivity contribution in [2.75, 3.05) is 13.2 Å². The van der Waals surface area contributed by atoms with E-state index in [1.165, 1.54) is 19.3 Å². The van der Waals surface area contributed by atoms with Gasteiger partial charge in [-0.1, -0.05) is 46.5 Å². The second kappa shape index (κ2) is 13.8. The molecule has 0 saturated heterocycles. The van der Waals surface area contributed by atoms with E-state index in [1.807, 2.05) is 6.92 Å². The summed E-state index contributed by atoms with van der Waals surface area (Å²) in [6.45, 7) is 6.65. The van der Waals surface area contributed by atoms with Crippen molar-refractivity contribution in [2.45, 2.75) is 65.7 Å². The van der Waals surface area contributed by atoms with Gasteiger partial charge in [0, 0.05) is 0 Å². The molecule has 4 nitrogen and oxygen atoms in total. The number of unbranched alkanes of at least 4 members (excludes halogenated alkanes) is 1. The van der Waals surface area contributed by atoms with Gasteiger partial charge < -0.3 is 0 Å². The van der Waals surface area contributed by atoms with Crippen molar-refractivity contribution < 1.29 is 16.8 Å². The minimum atomic E-state index is -3.77. The van der Waals surface area contributed by atoms with Crippen molar-refractivity contribution in [2.24, 2.45) is 5.92 Å². The third-order valence-corrected chi connectivity index (χ3v) is 3.87. The Bertz CT molecular complexity index is 280. The molecule has 0 N–H and O–H groups in total. The van der Waals surface area contributed by atoms with Crippen LogP contribution < -0.4 is 0 Å². The minimum absolute atomic E-state index is 0. The van der Waals surface area contributed by atoms with Crippen LogP contribution in [0, 0.1) is 5.92 Å². The van der Waals surface area contributed by atoms with Crippen molar-refractivity contribution in [3.05, 3.63) is 0 Å². The normalized spacial score (nSPS) is 13.0. The van der Waals surface area contributed by atoms with Gasteiger partial charge in [0.05, 0.1) is 13.2 Å². The van der Waals surface area contributed by atoms with Crippen LogP contribution in [-0.2, 0) is 18.8 Å². The summed E-state index contributed by atoms with van der Waals surface area (Å²) >= 11 is 0. The van der Waals surface area contributed by atoms with Crippen molar-refractivity contribution in [3.63, 3.8) is 0 Å². The zero-order valence-electron chi connectivity index (χ0n) is 12.0. The first kappa shape index (κ1) is 22.2. The maximum atomic E-state index is 11.2. The summed E-state index contributed by atoms with van der Waals surface area (Å²) in [5.74, 6) is 0.688. The van der Waals surface area contributed by atoms with Crippen LogP contribution in [0.25, 0.3) is 0 Å². The average molecular weight is 304 g/mol. The molecule has 6 heteroatoms. The van der Waals surface area contributed by atoms with Gasteiger partial charge in [0.1, 0.15) is 0 Å². The molecule has 0 radical (unpaired) electrons. The van der Waals surface area contributed by atoms with Crippen LogP contribution in [-0.4, -0.2) is 51.2 Å². The summed E-state index contributed by atoms with van der Waals surface area (Å²) in [5, 5.41) is 0. The second-order valence-electron chi connectivity index (χ2n) is 4.61. The van der Waals surface area contributed by atoms with E-state index < -0.39 is 10.4 Å². The van der Waals surface area contributed by atoms with E-state index in [9.17, 15) is 8.42 Å². The van der Waals surface area contributed by atoms with Gasteiger partial charge in [-0.25, -0.2) is 8.37 Å². The molecule has 0 aliphatic rings. The number of hydrogen-bond donors (Lipinski definition) is 0. The molecule has 0 aromatic rings. The van der Waals surface area contributed by atoms with Gasteiger partial charge in [-0.2, -0.15) is 8.42 Å². The van der Waals surface area contributed by atoms with Crippen molar-refractivity contribution in [1.82, 2.24) is 0 Å². The van der Waals surface area contributed by atoms with Crippen molar-refractivity contribution in [1.29, 1.82) is 0 Å². The Labute approximate surface area is 141 Å². The molecule has 1 unspecified atom stereocenters. The Hall–Kier alpha value is 0.870. The Morgan fingerprint density at radius 2 is 1.47 bits per heavy atom. The fourth-order valence-corrected chi connectivity index (χ4v) is 2.56. The van der Waals surface area contributed by atoms with Crippen LogP contribution >= 0.6 is 0 Å². The zero-order chi connectivity index (χ0) is 13.9. The van der Waals surface area contributed by atoms with E-state index in [-0.39, 0.29) is 42.8 Å². The van der Waals surface area contributed by atoms with E-state index in [0.717, 1.165) is 19.3 Å². The van der Waals surface area contributed by atoms with Crippen LogP contribution in [0.4, 0.5) is 0 Å². The summed E-state index contributed by atoms with van der Waals surface area (Å²) in [4.78, 5) is 0. The summed E-state index contributed by atoms with van der Waals surface area (Å²) in [6.07, 6.45) is 7.31.